The maximum atomic E-state index is 12.7. The minimum absolute atomic E-state index is 0.0845. The number of nitrogens with zero attached hydrogens (tertiary/aromatic N) is 2. The molecule has 0 fully saturated rings. The van der Waals surface area contributed by atoms with Gasteiger partial charge in [0.25, 0.3) is 0 Å². The van der Waals surface area contributed by atoms with Crippen LogP contribution < -0.4 is 5.76 Å². The summed E-state index contributed by atoms with van der Waals surface area (Å²) < 4.78 is 70.5. The van der Waals surface area contributed by atoms with Crippen molar-refractivity contribution in [3.05, 3.63) is 64.1 Å². The molecule has 1 aromatic heterocycles. The lowest BCUT2D eigenvalue weighted by Gasteiger charge is -2.17. The summed E-state index contributed by atoms with van der Waals surface area (Å²) in [6.07, 6.45) is -4.45. The lowest BCUT2D eigenvalue weighted by atomic mass is 10.1. The molecule has 0 spiro atoms. The SMILES string of the molecule is CN(Cc1ccc(C(F)(F)F)cc1)S(=O)(=O)c1ccc2c(c1)oc(=O)n2C. The van der Waals surface area contributed by atoms with E-state index in [-0.39, 0.29) is 17.0 Å². The molecule has 0 aliphatic heterocycles. The maximum Gasteiger partial charge on any atom is 0.419 e. The lowest BCUT2D eigenvalue weighted by Crippen LogP contribution is -2.26. The third-order valence-electron chi connectivity index (χ3n) is 4.16. The molecule has 3 rings (SSSR count). The minimum atomic E-state index is -4.45. The standard InChI is InChI=1S/C17H15F3N2O4S/c1-21(10-11-3-5-12(6-4-11)17(18,19)20)27(24,25)13-7-8-14-15(9-13)26-16(23)22(14)2/h3-9H,10H2,1-2H3. The van der Waals surface area contributed by atoms with Crippen LogP contribution in [0.3, 0.4) is 0 Å². The van der Waals surface area contributed by atoms with Gasteiger partial charge in [0.2, 0.25) is 10.0 Å². The summed E-state index contributed by atoms with van der Waals surface area (Å²) in [7, 11) is -1.11. The molecular weight excluding hydrogens is 385 g/mol. The fourth-order valence-corrected chi connectivity index (χ4v) is 3.77. The van der Waals surface area contributed by atoms with Crippen molar-refractivity contribution in [3.8, 4) is 0 Å². The number of aryl methyl sites for hydroxylation is 1. The van der Waals surface area contributed by atoms with E-state index < -0.39 is 27.5 Å². The topological polar surface area (TPSA) is 72.5 Å². The number of alkyl halides is 3. The Kier molecular flexibility index (Phi) is 4.64. The molecule has 0 amide bonds. The summed E-state index contributed by atoms with van der Waals surface area (Å²) in [6, 6.07) is 8.31. The van der Waals surface area contributed by atoms with Crippen molar-refractivity contribution in [2.45, 2.75) is 17.6 Å². The zero-order valence-corrected chi connectivity index (χ0v) is 15.1. The van der Waals surface area contributed by atoms with E-state index in [1.807, 2.05) is 0 Å². The average molecular weight is 400 g/mol. The Morgan fingerprint density at radius 1 is 1.11 bits per heavy atom. The third-order valence-corrected chi connectivity index (χ3v) is 5.96. The Hall–Kier alpha value is -2.59. The highest BCUT2D eigenvalue weighted by molar-refractivity contribution is 7.89. The van der Waals surface area contributed by atoms with Gasteiger partial charge in [-0.1, -0.05) is 12.1 Å². The summed E-state index contributed by atoms with van der Waals surface area (Å²) in [4.78, 5) is 11.4. The van der Waals surface area contributed by atoms with E-state index in [2.05, 4.69) is 0 Å². The van der Waals surface area contributed by atoms with Gasteiger partial charge in [-0.2, -0.15) is 17.5 Å². The first-order valence-electron chi connectivity index (χ1n) is 7.72. The van der Waals surface area contributed by atoms with Crippen molar-refractivity contribution < 1.29 is 26.0 Å². The number of halogens is 3. The molecule has 0 atom stereocenters. The van der Waals surface area contributed by atoms with Crippen molar-refractivity contribution in [2.24, 2.45) is 7.05 Å². The molecule has 0 aliphatic rings. The molecule has 0 unspecified atom stereocenters. The van der Waals surface area contributed by atoms with E-state index >= 15 is 0 Å². The highest BCUT2D eigenvalue weighted by Gasteiger charge is 2.30. The van der Waals surface area contributed by atoms with Crippen LogP contribution in [-0.4, -0.2) is 24.3 Å². The van der Waals surface area contributed by atoms with Crippen LogP contribution in [0.2, 0.25) is 0 Å². The van der Waals surface area contributed by atoms with Gasteiger partial charge in [-0.05, 0) is 29.8 Å². The highest BCUT2D eigenvalue weighted by atomic mass is 32.2. The maximum absolute atomic E-state index is 12.7. The zero-order valence-electron chi connectivity index (χ0n) is 14.3. The summed E-state index contributed by atoms with van der Waals surface area (Å²) in [6.45, 7) is -0.114. The Balaban J connectivity index is 1.87. The monoisotopic (exact) mass is 400 g/mol. The molecule has 0 radical (unpaired) electrons. The Labute approximate surface area is 152 Å². The molecule has 27 heavy (non-hydrogen) atoms. The smallest absolute Gasteiger partial charge is 0.408 e. The van der Waals surface area contributed by atoms with Crippen LogP contribution in [0.1, 0.15) is 11.1 Å². The molecule has 0 aliphatic carbocycles. The predicted molar refractivity (Wildman–Crippen MR) is 91.6 cm³/mol. The second-order valence-electron chi connectivity index (χ2n) is 6.01. The van der Waals surface area contributed by atoms with E-state index in [4.69, 9.17) is 4.42 Å². The van der Waals surface area contributed by atoms with Crippen molar-refractivity contribution in [2.75, 3.05) is 7.05 Å². The highest BCUT2D eigenvalue weighted by Crippen LogP contribution is 2.29. The normalized spacial score (nSPS) is 12.8. The van der Waals surface area contributed by atoms with Gasteiger partial charge >= 0.3 is 11.9 Å². The van der Waals surface area contributed by atoms with Gasteiger partial charge in [0, 0.05) is 26.7 Å². The molecule has 6 nitrogen and oxygen atoms in total. The minimum Gasteiger partial charge on any atom is -0.408 e. The lowest BCUT2D eigenvalue weighted by molar-refractivity contribution is -0.137. The van der Waals surface area contributed by atoms with Crippen LogP contribution in [-0.2, 0) is 29.8 Å². The predicted octanol–water partition coefficient (Wildman–Crippen LogP) is 2.97. The van der Waals surface area contributed by atoms with Crippen molar-refractivity contribution in [1.29, 1.82) is 0 Å². The fraction of sp³-hybridized carbons (Fsp3) is 0.235. The Bertz CT molecular complexity index is 1150. The summed E-state index contributed by atoms with van der Waals surface area (Å²) in [5, 5.41) is 0. The number of aromatic nitrogens is 1. The molecule has 2 aromatic carbocycles. The zero-order chi connectivity index (χ0) is 20.0. The number of oxazole rings is 1. The van der Waals surface area contributed by atoms with Crippen molar-refractivity contribution in [3.63, 3.8) is 0 Å². The molecule has 1 heterocycles. The van der Waals surface area contributed by atoms with E-state index in [1.54, 1.807) is 0 Å². The van der Waals surface area contributed by atoms with Crippen molar-refractivity contribution >= 4 is 21.1 Å². The molecule has 144 valence electrons. The average Bonchev–Trinajstić information content (AvgIpc) is 2.88. The number of hydrogen-bond donors (Lipinski definition) is 0. The largest absolute Gasteiger partial charge is 0.419 e. The first-order chi connectivity index (χ1) is 12.5. The van der Waals surface area contributed by atoms with Crippen molar-refractivity contribution in [1.82, 2.24) is 8.87 Å². The van der Waals surface area contributed by atoms with Gasteiger partial charge in [-0.25, -0.2) is 13.2 Å². The Morgan fingerprint density at radius 2 is 1.74 bits per heavy atom. The van der Waals surface area contributed by atoms with Crippen LogP contribution in [0.5, 0.6) is 0 Å². The molecule has 0 bridgehead atoms. The van der Waals surface area contributed by atoms with E-state index in [1.165, 1.54) is 49.0 Å². The molecule has 0 saturated carbocycles. The molecular formula is C17H15F3N2O4S. The van der Waals surface area contributed by atoms with Crippen LogP contribution in [0.4, 0.5) is 13.2 Å². The first-order valence-corrected chi connectivity index (χ1v) is 9.16. The van der Waals surface area contributed by atoms with Crippen LogP contribution in [0.15, 0.2) is 56.6 Å². The third kappa shape index (κ3) is 3.62. The molecule has 0 N–H and O–H groups in total. The fourth-order valence-electron chi connectivity index (χ4n) is 2.60. The van der Waals surface area contributed by atoms with Gasteiger partial charge in [0.05, 0.1) is 16.0 Å². The molecule has 3 aromatic rings. The number of benzene rings is 2. The van der Waals surface area contributed by atoms with Gasteiger partial charge in [0.1, 0.15) is 0 Å². The summed E-state index contributed by atoms with van der Waals surface area (Å²) in [5.74, 6) is -0.613. The van der Waals surface area contributed by atoms with Gasteiger partial charge in [0.15, 0.2) is 5.58 Å². The van der Waals surface area contributed by atoms with Crippen LogP contribution in [0, 0.1) is 0 Å². The van der Waals surface area contributed by atoms with E-state index in [0.717, 1.165) is 16.4 Å². The number of hydrogen-bond acceptors (Lipinski definition) is 4. The second kappa shape index (κ2) is 6.54. The first kappa shape index (κ1) is 19.2. The second-order valence-corrected chi connectivity index (χ2v) is 8.06. The van der Waals surface area contributed by atoms with E-state index in [0.29, 0.717) is 11.1 Å². The molecule has 0 saturated heterocycles. The van der Waals surface area contributed by atoms with Gasteiger partial charge < -0.3 is 4.42 Å². The quantitative estimate of drug-likeness (QED) is 0.675. The number of rotatable bonds is 4. The van der Waals surface area contributed by atoms with Crippen LogP contribution in [0.25, 0.3) is 11.1 Å². The summed E-state index contributed by atoms with van der Waals surface area (Å²) in [5.41, 5.74) is 0.179. The van der Waals surface area contributed by atoms with E-state index in [9.17, 15) is 26.4 Å². The number of sulfonamides is 1. The van der Waals surface area contributed by atoms with Gasteiger partial charge in [-0.15, -0.1) is 0 Å². The number of fused-ring (bicyclic) bond motifs is 1. The molecule has 10 heteroatoms. The van der Waals surface area contributed by atoms with Crippen LogP contribution >= 0.6 is 0 Å². The summed E-state index contributed by atoms with van der Waals surface area (Å²) >= 11 is 0. The Morgan fingerprint density at radius 3 is 2.33 bits per heavy atom. The van der Waals surface area contributed by atoms with Gasteiger partial charge in [-0.3, -0.25) is 4.57 Å².